The van der Waals surface area contributed by atoms with Gasteiger partial charge in [-0.25, -0.2) is 0 Å². The van der Waals surface area contributed by atoms with E-state index in [0.717, 1.165) is 61.4 Å². The number of hydrogen-bond acceptors (Lipinski definition) is 8. The molecule has 8 bridgehead atoms. The molecule has 0 spiro atoms. The lowest BCUT2D eigenvalue weighted by molar-refractivity contribution is 0.347. The second-order valence-corrected chi connectivity index (χ2v) is 22.9. The van der Waals surface area contributed by atoms with Crippen LogP contribution in [0, 0.1) is 49.4 Å². The highest BCUT2D eigenvalue weighted by molar-refractivity contribution is 8.01. The van der Waals surface area contributed by atoms with E-state index >= 15 is 0 Å². The molecule has 0 amide bonds. The third-order valence-corrected chi connectivity index (χ3v) is 13.8. The van der Waals surface area contributed by atoms with E-state index in [4.69, 9.17) is 44.6 Å². The van der Waals surface area contributed by atoms with Gasteiger partial charge in [0.05, 0.1) is 39.2 Å². The van der Waals surface area contributed by atoms with Crippen LogP contribution in [0.1, 0.15) is 105 Å². The quantitative estimate of drug-likeness (QED) is 0.143. The molecule has 0 aliphatic carbocycles. The lowest BCUT2D eigenvalue weighted by Crippen LogP contribution is -2.14. The molecule has 8 heteroatoms. The zero-order valence-electron chi connectivity index (χ0n) is 37.0. The minimum absolute atomic E-state index is 0.0777. The number of ether oxygens (including phenoxy) is 4. The lowest BCUT2D eigenvalue weighted by Gasteiger charge is -2.28. The Hall–Kier alpha value is -4.28. The third-order valence-electron chi connectivity index (χ3n) is 9.63. The molecule has 4 aromatic rings. The summed E-state index contributed by atoms with van der Waals surface area (Å²) in [4.78, 5) is 7.13. The molecular weight excluding hydrogens is 817 g/mol. The fourth-order valence-electron chi connectivity index (χ4n) is 6.14. The third kappa shape index (κ3) is 11.1. The summed E-state index contributed by atoms with van der Waals surface area (Å²) in [6.45, 7) is 26.9. The van der Waals surface area contributed by atoms with Crippen LogP contribution >= 0.6 is 47.0 Å². The molecule has 1 aliphatic rings. The van der Waals surface area contributed by atoms with Crippen LogP contribution in [0.4, 0.5) is 0 Å². The maximum absolute atomic E-state index is 6.58. The highest BCUT2D eigenvalue weighted by Gasteiger charge is 2.30. The van der Waals surface area contributed by atoms with Crippen molar-refractivity contribution in [1.82, 2.24) is 0 Å². The van der Waals surface area contributed by atoms with Gasteiger partial charge in [0.2, 0.25) is 0 Å². The van der Waals surface area contributed by atoms with Crippen LogP contribution in [-0.2, 0) is 21.7 Å². The minimum atomic E-state index is -0.216. The van der Waals surface area contributed by atoms with Gasteiger partial charge in [-0.05, 0) is 92.4 Å². The Morgan fingerprint density at radius 2 is 0.483 bits per heavy atom. The predicted octanol–water partition coefficient (Wildman–Crippen LogP) is 13.8. The number of terminal acetylenes is 4. The average molecular weight is 873 g/mol. The molecule has 0 unspecified atom stereocenters. The molecule has 0 N–H and O–H groups in total. The molecule has 0 radical (unpaired) electrons. The molecule has 60 heavy (non-hydrogen) atoms. The largest absolute Gasteiger partial charge is 0.479 e. The van der Waals surface area contributed by atoms with Gasteiger partial charge < -0.3 is 18.9 Å². The van der Waals surface area contributed by atoms with Crippen molar-refractivity contribution in [2.75, 3.05) is 26.4 Å². The second kappa shape index (κ2) is 18.8. The summed E-state index contributed by atoms with van der Waals surface area (Å²) < 4.78 is 26.3. The van der Waals surface area contributed by atoms with Crippen LogP contribution in [-0.4, -0.2) is 26.4 Å². The number of fused-ring (bicyclic) bond motifs is 8. The normalized spacial score (nSPS) is 12.9. The van der Waals surface area contributed by atoms with Gasteiger partial charge in [-0.1, -0.05) is 154 Å². The van der Waals surface area contributed by atoms with Crippen molar-refractivity contribution in [3.8, 4) is 72.4 Å². The fraction of sp³-hybridized carbons (Fsp3) is 0.385. The van der Waals surface area contributed by atoms with Gasteiger partial charge in [0.25, 0.3) is 0 Å². The summed E-state index contributed by atoms with van der Waals surface area (Å²) in [5.41, 5.74) is 3.64. The summed E-state index contributed by atoms with van der Waals surface area (Å²) in [5.74, 6) is 13.5. The molecule has 0 saturated heterocycles. The average Bonchev–Trinajstić information content (AvgIpc) is 3.14. The molecule has 1 aliphatic heterocycles. The van der Waals surface area contributed by atoms with E-state index in [-0.39, 0.29) is 48.1 Å². The Balaban J connectivity index is 2.04. The van der Waals surface area contributed by atoms with Gasteiger partial charge in [0.15, 0.2) is 0 Å². The Morgan fingerprint density at radius 1 is 0.333 bits per heavy atom. The van der Waals surface area contributed by atoms with Crippen molar-refractivity contribution >= 4 is 47.0 Å². The smallest absolute Gasteiger partial charge is 0.148 e. The summed E-state index contributed by atoms with van der Waals surface area (Å²) in [6.07, 6.45) is 23.5. The van der Waals surface area contributed by atoms with E-state index < -0.39 is 0 Å². The van der Waals surface area contributed by atoms with Crippen molar-refractivity contribution in [1.29, 1.82) is 0 Å². The van der Waals surface area contributed by atoms with Crippen LogP contribution in [0.15, 0.2) is 87.7 Å². The topological polar surface area (TPSA) is 36.9 Å². The lowest BCUT2D eigenvalue weighted by atomic mass is 9.87. The highest BCUT2D eigenvalue weighted by atomic mass is 32.2. The maximum Gasteiger partial charge on any atom is 0.148 e. The van der Waals surface area contributed by atoms with E-state index in [1.165, 1.54) is 0 Å². The van der Waals surface area contributed by atoms with Gasteiger partial charge in [-0.15, -0.1) is 25.7 Å². The van der Waals surface area contributed by atoms with Crippen molar-refractivity contribution in [2.24, 2.45) is 0 Å². The molecular formula is C52H56O4S4. The molecule has 0 fully saturated rings. The molecule has 0 atom stereocenters. The molecule has 312 valence electrons. The van der Waals surface area contributed by atoms with Gasteiger partial charge in [-0.2, -0.15) is 0 Å². The van der Waals surface area contributed by atoms with E-state index in [1.807, 2.05) is 0 Å². The SMILES string of the molecule is C#CCOc1c2cc(C(C)(C)C)cc1Sc1cc(C(C)(C)C)cc(c1OCC#C)Sc1cc(C(C)(C)C)cc(c1OCC#C)Sc1cc(C(C)(C)C)cc(c1OCC#C)S2. The molecule has 0 saturated carbocycles. The van der Waals surface area contributed by atoms with Crippen molar-refractivity contribution in [3.05, 3.63) is 70.8 Å². The van der Waals surface area contributed by atoms with E-state index in [9.17, 15) is 0 Å². The zero-order chi connectivity index (χ0) is 44.2. The van der Waals surface area contributed by atoms with Crippen molar-refractivity contribution in [2.45, 2.75) is 144 Å². The monoisotopic (exact) mass is 872 g/mol. The summed E-state index contributed by atoms with van der Waals surface area (Å²) in [7, 11) is 0. The highest BCUT2D eigenvalue weighted by Crippen LogP contribution is 2.56. The second-order valence-electron chi connectivity index (χ2n) is 18.6. The summed E-state index contributed by atoms with van der Waals surface area (Å²) >= 11 is 6.33. The summed E-state index contributed by atoms with van der Waals surface area (Å²) in [5, 5.41) is 0. The van der Waals surface area contributed by atoms with Gasteiger partial charge >= 0.3 is 0 Å². The van der Waals surface area contributed by atoms with Crippen LogP contribution < -0.4 is 18.9 Å². The Labute approximate surface area is 377 Å². The van der Waals surface area contributed by atoms with Crippen LogP contribution in [0.3, 0.4) is 0 Å². The summed E-state index contributed by atoms with van der Waals surface area (Å²) in [6, 6.07) is 17.7. The first-order valence-corrected chi connectivity index (χ1v) is 23.1. The maximum atomic E-state index is 6.58. The van der Waals surface area contributed by atoms with Crippen LogP contribution in [0.2, 0.25) is 0 Å². The number of rotatable bonds is 8. The Bertz CT molecular complexity index is 1990. The van der Waals surface area contributed by atoms with Crippen LogP contribution in [0.5, 0.6) is 23.0 Å². The number of hydrogen-bond donors (Lipinski definition) is 0. The van der Waals surface area contributed by atoms with Crippen molar-refractivity contribution < 1.29 is 18.9 Å². The zero-order valence-corrected chi connectivity index (χ0v) is 40.3. The standard InChI is InChI=1S/C52H56O4S4/c1-17-21-53-45-37-25-33(49(5,6)7)26-38(45)58-40-28-35(51(11,12)13)30-42(47(40)55-23-19-3)60-44-32-36(52(14,15)16)31-43(48(44)56-24-20-4)59-41-29-34(50(8,9)10)27-39(57-37)46(41)54-22-18-2/h1-4,25-32H,21-24H2,5-16H3. The molecule has 5 rings (SSSR count). The molecule has 4 aromatic carbocycles. The van der Waals surface area contributed by atoms with E-state index in [0.29, 0.717) is 23.0 Å². The van der Waals surface area contributed by atoms with E-state index in [1.54, 1.807) is 47.0 Å². The molecule has 4 nitrogen and oxygen atoms in total. The predicted molar refractivity (Wildman–Crippen MR) is 254 cm³/mol. The fourth-order valence-corrected chi connectivity index (χ4v) is 10.9. The first-order valence-electron chi connectivity index (χ1n) is 19.8. The first-order chi connectivity index (χ1) is 28.1. The Morgan fingerprint density at radius 3 is 0.600 bits per heavy atom. The van der Waals surface area contributed by atoms with Gasteiger partial charge in [0.1, 0.15) is 49.4 Å². The van der Waals surface area contributed by atoms with Gasteiger partial charge in [0, 0.05) is 0 Å². The van der Waals surface area contributed by atoms with Crippen molar-refractivity contribution in [3.63, 3.8) is 0 Å². The molecule has 1 heterocycles. The Kier molecular flexibility index (Phi) is 14.6. The van der Waals surface area contributed by atoms with E-state index in [2.05, 4.69) is 155 Å². The van der Waals surface area contributed by atoms with Crippen LogP contribution in [0.25, 0.3) is 0 Å². The minimum Gasteiger partial charge on any atom is -0.479 e. The first kappa shape index (κ1) is 46.8. The molecule has 0 aromatic heterocycles. The van der Waals surface area contributed by atoms with Gasteiger partial charge in [-0.3, -0.25) is 0 Å². The number of benzene rings is 4.